The van der Waals surface area contributed by atoms with E-state index in [0.29, 0.717) is 22.2 Å². The molecule has 28 heavy (non-hydrogen) atoms. The van der Waals surface area contributed by atoms with Gasteiger partial charge in [0.15, 0.2) is 0 Å². The molecule has 0 saturated carbocycles. The van der Waals surface area contributed by atoms with Crippen molar-refractivity contribution in [1.29, 1.82) is 0 Å². The highest BCUT2D eigenvalue weighted by Gasteiger charge is 2.15. The van der Waals surface area contributed by atoms with E-state index >= 15 is 0 Å². The van der Waals surface area contributed by atoms with Crippen molar-refractivity contribution in [3.8, 4) is 0 Å². The summed E-state index contributed by atoms with van der Waals surface area (Å²) in [5.74, 6) is -0.636. The number of carbonyl (C=O) groups is 2. The van der Waals surface area contributed by atoms with Gasteiger partial charge in [0.2, 0.25) is 5.91 Å². The fraction of sp³-hybridized carbons (Fsp3) is 0.300. The zero-order valence-corrected chi connectivity index (χ0v) is 16.2. The maximum atomic E-state index is 12.3. The summed E-state index contributed by atoms with van der Waals surface area (Å²) in [6.45, 7) is 5.07. The summed E-state index contributed by atoms with van der Waals surface area (Å²) in [4.78, 5) is 35.3. The zero-order valence-electron chi connectivity index (χ0n) is 16.2. The molecular weight excluding hydrogens is 362 g/mol. The van der Waals surface area contributed by atoms with Gasteiger partial charge in [0, 0.05) is 54.0 Å². The lowest BCUT2D eigenvalue weighted by Crippen LogP contribution is -2.11. The lowest BCUT2D eigenvalue weighted by molar-refractivity contribution is -0.144. The van der Waals surface area contributed by atoms with Crippen LogP contribution in [0.5, 0.6) is 0 Å². The number of hydrogen-bond donors (Lipinski definition) is 1. The summed E-state index contributed by atoms with van der Waals surface area (Å²) in [6.07, 6.45) is 0.109. The molecule has 1 amide bonds. The van der Waals surface area contributed by atoms with E-state index in [1.807, 2.05) is 20.9 Å². The number of nitrogens with zero attached hydrogens (tertiary/aromatic N) is 2. The van der Waals surface area contributed by atoms with E-state index in [0.717, 1.165) is 17.0 Å². The molecular formula is C20H21N3O5. The molecule has 0 aliphatic heterocycles. The molecule has 0 atom stereocenters. The molecule has 0 unspecified atom stereocenters. The van der Waals surface area contributed by atoms with Gasteiger partial charge in [-0.05, 0) is 26.0 Å². The Labute approximate surface area is 161 Å². The van der Waals surface area contributed by atoms with Crippen molar-refractivity contribution >= 4 is 28.5 Å². The fourth-order valence-electron chi connectivity index (χ4n) is 3.06. The fourth-order valence-corrected chi connectivity index (χ4v) is 3.06. The number of nitrogens with one attached hydrogen (secondary N) is 1. The molecule has 2 heterocycles. The van der Waals surface area contributed by atoms with E-state index in [4.69, 9.17) is 9.15 Å². The number of anilines is 1. The maximum absolute atomic E-state index is 12.3. The Morgan fingerprint density at radius 2 is 2.00 bits per heavy atom. The number of fused-ring (bicyclic) bond motifs is 1. The Hall–Kier alpha value is -3.42. The summed E-state index contributed by atoms with van der Waals surface area (Å²) in [7, 11) is 1.82. The number of amides is 1. The second kappa shape index (κ2) is 7.67. The summed E-state index contributed by atoms with van der Waals surface area (Å²) in [5, 5.41) is 7.55. The predicted molar refractivity (Wildman–Crippen MR) is 103 cm³/mol. The van der Waals surface area contributed by atoms with Crippen molar-refractivity contribution in [2.45, 2.75) is 33.8 Å². The van der Waals surface area contributed by atoms with E-state index in [1.165, 1.54) is 13.0 Å². The molecule has 0 spiro atoms. The van der Waals surface area contributed by atoms with Crippen molar-refractivity contribution in [3.63, 3.8) is 0 Å². The van der Waals surface area contributed by atoms with Gasteiger partial charge < -0.3 is 14.5 Å². The molecule has 1 aromatic carbocycles. The zero-order chi connectivity index (χ0) is 20.4. The second-order valence-corrected chi connectivity index (χ2v) is 6.59. The number of ether oxygens (including phenoxy) is 1. The molecule has 0 aliphatic carbocycles. The summed E-state index contributed by atoms with van der Waals surface area (Å²) in [5.41, 5.74) is 3.33. The normalized spacial score (nSPS) is 10.9. The first kappa shape index (κ1) is 19.3. The Morgan fingerprint density at radius 3 is 2.64 bits per heavy atom. The van der Waals surface area contributed by atoms with Crippen molar-refractivity contribution in [2.24, 2.45) is 7.05 Å². The van der Waals surface area contributed by atoms with Crippen LogP contribution in [0.3, 0.4) is 0 Å². The lowest BCUT2D eigenvalue weighted by atomic mass is 10.1. The van der Waals surface area contributed by atoms with Gasteiger partial charge in [-0.3, -0.25) is 14.3 Å². The van der Waals surface area contributed by atoms with Crippen LogP contribution in [0, 0.1) is 13.8 Å². The first-order chi connectivity index (χ1) is 13.2. The van der Waals surface area contributed by atoms with E-state index in [2.05, 4.69) is 10.4 Å². The third-order valence-electron chi connectivity index (χ3n) is 4.52. The molecule has 0 saturated heterocycles. The first-order valence-corrected chi connectivity index (χ1v) is 8.73. The summed E-state index contributed by atoms with van der Waals surface area (Å²) < 4.78 is 12.3. The number of aromatic nitrogens is 2. The molecule has 0 aliphatic rings. The monoisotopic (exact) mass is 383 g/mol. The van der Waals surface area contributed by atoms with Crippen LogP contribution in [-0.2, 0) is 34.4 Å². The van der Waals surface area contributed by atoms with Crippen molar-refractivity contribution < 1.29 is 18.7 Å². The largest absolute Gasteiger partial charge is 0.461 e. The number of esters is 1. The van der Waals surface area contributed by atoms with Crippen molar-refractivity contribution in [1.82, 2.24) is 9.78 Å². The predicted octanol–water partition coefficient (Wildman–Crippen LogP) is 2.39. The Kier molecular flexibility index (Phi) is 5.30. The van der Waals surface area contributed by atoms with Crippen LogP contribution in [0.1, 0.15) is 29.4 Å². The molecule has 0 fully saturated rings. The van der Waals surface area contributed by atoms with Gasteiger partial charge in [0.05, 0.1) is 12.1 Å². The van der Waals surface area contributed by atoms with Crippen LogP contribution in [0.25, 0.3) is 11.0 Å². The molecule has 1 N–H and O–H groups in total. The van der Waals surface area contributed by atoms with Crippen LogP contribution >= 0.6 is 0 Å². The number of carbonyl (C=O) groups excluding carboxylic acids is 2. The maximum Gasteiger partial charge on any atom is 0.336 e. The van der Waals surface area contributed by atoms with Crippen LogP contribution in [0.2, 0.25) is 0 Å². The average molecular weight is 383 g/mol. The minimum absolute atomic E-state index is 0.0568. The summed E-state index contributed by atoms with van der Waals surface area (Å²) >= 11 is 0. The van der Waals surface area contributed by atoms with E-state index < -0.39 is 11.6 Å². The average Bonchev–Trinajstić information content (AvgIpc) is 2.85. The highest BCUT2D eigenvalue weighted by Crippen LogP contribution is 2.22. The van der Waals surface area contributed by atoms with Crippen molar-refractivity contribution in [2.75, 3.05) is 5.32 Å². The minimum atomic E-state index is -0.558. The molecule has 3 aromatic rings. The SMILES string of the molecule is CC(=O)Nc1ccc2c(COC(=O)Cc3c(C)nn(C)c3C)cc(=O)oc2c1. The van der Waals surface area contributed by atoms with Gasteiger partial charge in [0.25, 0.3) is 0 Å². The highest BCUT2D eigenvalue weighted by molar-refractivity contribution is 5.92. The number of benzene rings is 1. The Balaban J connectivity index is 1.79. The third-order valence-corrected chi connectivity index (χ3v) is 4.52. The van der Waals surface area contributed by atoms with Crippen LogP contribution in [0.15, 0.2) is 33.5 Å². The van der Waals surface area contributed by atoms with E-state index in [1.54, 1.807) is 22.9 Å². The second-order valence-electron chi connectivity index (χ2n) is 6.59. The van der Waals surface area contributed by atoms with Gasteiger partial charge in [-0.25, -0.2) is 4.79 Å². The molecule has 8 heteroatoms. The molecule has 146 valence electrons. The molecule has 0 bridgehead atoms. The molecule has 2 aromatic heterocycles. The van der Waals surface area contributed by atoms with Gasteiger partial charge in [0.1, 0.15) is 12.2 Å². The third kappa shape index (κ3) is 4.11. The van der Waals surface area contributed by atoms with E-state index in [9.17, 15) is 14.4 Å². The van der Waals surface area contributed by atoms with Gasteiger partial charge in [-0.15, -0.1) is 0 Å². The smallest absolute Gasteiger partial charge is 0.336 e. The van der Waals surface area contributed by atoms with Gasteiger partial charge in [-0.1, -0.05) is 0 Å². The topological polar surface area (TPSA) is 103 Å². The number of rotatable bonds is 5. The van der Waals surface area contributed by atoms with Crippen LogP contribution < -0.4 is 10.9 Å². The summed E-state index contributed by atoms with van der Waals surface area (Å²) in [6, 6.07) is 6.26. The lowest BCUT2D eigenvalue weighted by Gasteiger charge is -2.09. The first-order valence-electron chi connectivity index (χ1n) is 8.73. The van der Waals surface area contributed by atoms with Crippen LogP contribution in [0.4, 0.5) is 5.69 Å². The number of hydrogen-bond acceptors (Lipinski definition) is 6. The van der Waals surface area contributed by atoms with Crippen molar-refractivity contribution in [3.05, 3.63) is 57.2 Å². The Morgan fingerprint density at radius 1 is 1.25 bits per heavy atom. The standard InChI is InChI=1S/C20H21N3O5/c1-11-17(12(2)23(4)22-11)9-19(25)27-10-14-7-20(26)28-18-8-15(21-13(3)24)5-6-16(14)18/h5-8H,9-10H2,1-4H3,(H,21,24). The minimum Gasteiger partial charge on any atom is -0.461 e. The van der Waals surface area contributed by atoms with Crippen LogP contribution in [-0.4, -0.2) is 21.7 Å². The Bertz CT molecular complexity index is 1130. The highest BCUT2D eigenvalue weighted by atomic mass is 16.5. The quantitative estimate of drug-likeness (QED) is 0.536. The van der Waals surface area contributed by atoms with Gasteiger partial charge in [-0.2, -0.15) is 5.10 Å². The molecule has 8 nitrogen and oxygen atoms in total. The number of aryl methyl sites for hydroxylation is 2. The van der Waals surface area contributed by atoms with Gasteiger partial charge >= 0.3 is 11.6 Å². The molecule has 3 rings (SSSR count). The van der Waals surface area contributed by atoms with E-state index in [-0.39, 0.29) is 18.9 Å². The molecule has 0 radical (unpaired) electrons.